The predicted molar refractivity (Wildman–Crippen MR) is 86.8 cm³/mol. The molecule has 0 aliphatic carbocycles. The van der Waals surface area contributed by atoms with E-state index in [1.54, 1.807) is 20.5 Å². The van der Waals surface area contributed by atoms with Gasteiger partial charge in [0.2, 0.25) is 0 Å². The molecule has 4 aromatic rings. The van der Waals surface area contributed by atoms with Crippen LogP contribution in [0.3, 0.4) is 0 Å². The van der Waals surface area contributed by atoms with Crippen LogP contribution in [-0.4, -0.2) is 33.8 Å². The number of methoxy groups -OCH3 is 2. The van der Waals surface area contributed by atoms with Crippen LogP contribution in [0, 0.1) is 0 Å². The quantitative estimate of drug-likeness (QED) is 0.582. The van der Waals surface area contributed by atoms with E-state index in [0.29, 0.717) is 11.5 Å². The van der Waals surface area contributed by atoms with Crippen molar-refractivity contribution in [2.45, 2.75) is 0 Å². The first kappa shape index (κ1) is 13.5. The van der Waals surface area contributed by atoms with Crippen molar-refractivity contribution in [3.63, 3.8) is 0 Å². The summed E-state index contributed by atoms with van der Waals surface area (Å²) < 4.78 is 12.6. The highest BCUT2D eigenvalue weighted by atomic mass is 16.5. The normalized spacial score (nSPS) is 11.0. The maximum Gasteiger partial charge on any atom is 0.171 e. The molecule has 0 radical (unpaired) electrons. The molecule has 0 spiro atoms. The molecule has 2 heterocycles. The molecule has 0 atom stereocenters. The van der Waals surface area contributed by atoms with Gasteiger partial charge in [-0.2, -0.15) is 0 Å². The van der Waals surface area contributed by atoms with Crippen molar-refractivity contribution in [2.75, 3.05) is 14.2 Å². The summed E-state index contributed by atoms with van der Waals surface area (Å²) in [6.07, 6.45) is 1.73. The summed E-state index contributed by atoms with van der Waals surface area (Å²) in [5.74, 6) is 2.03. The van der Waals surface area contributed by atoms with Gasteiger partial charge >= 0.3 is 0 Å². The number of hydrogen-bond donors (Lipinski definition) is 0. The van der Waals surface area contributed by atoms with Crippen molar-refractivity contribution in [2.24, 2.45) is 0 Å². The lowest BCUT2D eigenvalue weighted by Gasteiger charge is -2.09. The fourth-order valence-corrected chi connectivity index (χ4v) is 2.64. The zero-order valence-corrected chi connectivity index (χ0v) is 12.7. The molecule has 0 aliphatic rings. The third-order valence-electron chi connectivity index (χ3n) is 3.78. The summed E-state index contributed by atoms with van der Waals surface area (Å²) >= 11 is 0. The molecule has 0 saturated heterocycles. The lowest BCUT2D eigenvalue weighted by atomic mass is 10.2. The van der Waals surface area contributed by atoms with Gasteiger partial charge in [0.25, 0.3) is 0 Å². The molecule has 0 aliphatic heterocycles. The minimum absolute atomic E-state index is 0.638. The molecular weight excluding hydrogens is 292 g/mol. The first-order valence-electron chi connectivity index (χ1n) is 7.12. The van der Waals surface area contributed by atoms with E-state index in [0.717, 1.165) is 27.9 Å². The molecule has 23 heavy (non-hydrogen) atoms. The second-order valence-corrected chi connectivity index (χ2v) is 5.05. The second-order valence-electron chi connectivity index (χ2n) is 5.05. The highest BCUT2D eigenvalue weighted by Crippen LogP contribution is 2.33. The van der Waals surface area contributed by atoms with E-state index in [4.69, 9.17) is 9.47 Å². The van der Waals surface area contributed by atoms with Crippen LogP contribution in [0.2, 0.25) is 0 Å². The van der Waals surface area contributed by atoms with Gasteiger partial charge in [-0.25, -0.2) is 4.98 Å². The van der Waals surface area contributed by atoms with Gasteiger partial charge in [-0.3, -0.25) is 4.40 Å². The summed E-state index contributed by atoms with van der Waals surface area (Å²) in [5.41, 5.74) is 2.50. The molecule has 0 N–H and O–H groups in total. The molecule has 2 aromatic carbocycles. The average Bonchev–Trinajstić information content (AvgIpc) is 3.05. The van der Waals surface area contributed by atoms with Crippen LogP contribution in [0.4, 0.5) is 0 Å². The van der Waals surface area contributed by atoms with Crippen molar-refractivity contribution in [1.29, 1.82) is 0 Å². The van der Waals surface area contributed by atoms with Crippen LogP contribution in [0.25, 0.3) is 27.9 Å². The number of nitrogens with zero attached hydrogens (tertiary/aromatic N) is 4. The van der Waals surface area contributed by atoms with E-state index in [1.165, 1.54) is 0 Å². The Hall–Kier alpha value is -3.15. The van der Waals surface area contributed by atoms with Gasteiger partial charge in [-0.15, -0.1) is 10.2 Å². The molecule has 114 valence electrons. The molecule has 6 nitrogen and oxygen atoms in total. The van der Waals surface area contributed by atoms with Crippen LogP contribution in [0.5, 0.6) is 11.5 Å². The Labute approximate surface area is 132 Å². The second kappa shape index (κ2) is 5.24. The zero-order chi connectivity index (χ0) is 15.8. The van der Waals surface area contributed by atoms with Crippen molar-refractivity contribution in [3.05, 3.63) is 48.8 Å². The number of hydrogen-bond acceptors (Lipinski definition) is 5. The Bertz CT molecular complexity index is 996. The Morgan fingerprint density at radius 1 is 0.913 bits per heavy atom. The van der Waals surface area contributed by atoms with Crippen LogP contribution in [0.15, 0.2) is 48.8 Å². The minimum atomic E-state index is 0.638. The Kier molecular flexibility index (Phi) is 3.08. The summed E-state index contributed by atoms with van der Waals surface area (Å²) in [4.78, 5) is 4.50. The maximum absolute atomic E-state index is 5.37. The smallest absolute Gasteiger partial charge is 0.171 e. The van der Waals surface area contributed by atoms with E-state index >= 15 is 0 Å². The molecule has 0 unspecified atom stereocenters. The summed E-state index contributed by atoms with van der Waals surface area (Å²) in [6, 6.07) is 13.6. The van der Waals surface area contributed by atoms with Crippen molar-refractivity contribution >= 4 is 16.6 Å². The van der Waals surface area contributed by atoms with Gasteiger partial charge < -0.3 is 9.47 Å². The Balaban J connectivity index is 2.01. The summed E-state index contributed by atoms with van der Waals surface area (Å²) in [6.45, 7) is 0. The number of rotatable bonds is 3. The van der Waals surface area contributed by atoms with E-state index in [-0.39, 0.29) is 0 Å². The van der Waals surface area contributed by atoms with Crippen molar-refractivity contribution in [1.82, 2.24) is 19.6 Å². The average molecular weight is 306 g/mol. The minimum Gasteiger partial charge on any atom is -0.493 e. The Morgan fingerprint density at radius 3 is 2.39 bits per heavy atom. The van der Waals surface area contributed by atoms with E-state index < -0.39 is 0 Å². The highest BCUT2D eigenvalue weighted by molar-refractivity contribution is 5.94. The first-order chi connectivity index (χ1) is 11.3. The number of ether oxygens (including phenoxy) is 2. The van der Waals surface area contributed by atoms with Gasteiger partial charge in [-0.1, -0.05) is 30.3 Å². The standard InChI is InChI=1S/C17H14N4O2/c1-22-14-8-12-13(9-15(14)23-2)18-10-21-16(19-20-17(12)21)11-6-4-3-5-7-11/h3-10H,1-2H3. The third-order valence-corrected chi connectivity index (χ3v) is 3.78. The molecule has 0 fully saturated rings. The summed E-state index contributed by atoms with van der Waals surface area (Å²) in [5, 5.41) is 9.51. The van der Waals surface area contributed by atoms with Crippen molar-refractivity contribution < 1.29 is 9.47 Å². The predicted octanol–water partition coefficient (Wildman–Crippen LogP) is 2.96. The molecule has 0 bridgehead atoms. The third kappa shape index (κ3) is 2.07. The monoisotopic (exact) mass is 306 g/mol. The van der Waals surface area contributed by atoms with Gasteiger partial charge in [0.1, 0.15) is 6.33 Å². The largest absolute Gasteiger partial charge is 0.493 e. The Morgan fingerprint density at radius 2 is 1.65 bits per heavy atom. The lowest BCUT2D eigenvalue weighted by Crippen LogP contribution is -1.95. The highest BCUT2D eigenvalue weighted by Gasteiger charge is 2.14. The molecular formula is C17H14N4O2. The first-order valence-corrected chi connectivity index (χ1v) is 7.12. The number of benzene rings is 2. The van der Waals surface area contributed by atoms with Crippen LogP contribution < -0.4 is 9.47 Å². The van der Waals surface area contributed by atoms with Crippen LogP contribution >= 0.6 is 0 Å². The molecule has 4 rings (SSSR count). The molecule has 0 saturated carbocycles. The van der Waals surface area contributed by atoms with Crippen LogP contribution in [0.1, 0.15) is 0 Å². The zero-order valence-electron chi connectivity index (χ0n) is 12.7. The van der Waals surface area contributed by atoms with Crippen LogP contribution in [-0.2, 0) is 0 Å². The number of aromatic nitrogens is 4. The van der Waals surface area contributed by atoms with Gasteiger partial charge in [0.15, 0.2) is 23.0 Å². The molecule has 2 aromatic heterocycles. The summed E-state index contributed by atoms with van der Waals surface area (Å²) in [7, 11) is 3.21. The maximum atomic E-state index is 5.37. The molecule has 6 heteroatoms. The topological polar surface area (TPSA) is 61.5 Å². The van der Waals surface area contributed by atoms with E-state index in [2.05, 4.69) is 15.2 Å². The van der Waals surface area contributed by atoms with Crippen molar-refractivity contribution in [3.8, 4) is 22.9 Å². The SMILES string of the molecule is COc1cc2ncn3c(-c4ccccc4)nnc3c2cc1OC. The van der Waals surface area contributed by atoms with Gasteiger partial charge in [0, 0.05) is 17.0 Å². The van der Waals surface area contributed by atoms with E-state index in [1.807, 2.05) is 46.9 Å². The lowest BCUT2D eigenvalue weighted by molar-refractivity contribution is 0.356. The fourth-order valence-electron chi connectivity index (χ4n) is 2.64. The fraction of sp³-hybridized carbons (Fsp3) is 0.118. The van der Waals surface area contributed by atoms with E-state index in [9.17, 15) is 0 Å². The van der Waals surface area contributed by atoms with Gasteiger partial charge in [-0.05, 0) is 6.07 Å². The number of fused-ring (bicyclic) bond motifs is 3. The molecule has 0 amide bonds. The van der Waals surface area contributed by atoms with Gasteiger partial charge in [0.05, 0.1) is 19.7 Å².